The van der Waals surface area contributed by atoms with Crippen molar-refractivity contribution in [2.45, 2.75) is 26.2 Å². The highest BCUT2D eigenvalue weighted by Crippen LogP contribution is 2.38. The van der Waals surface area contributed by atoms with Crippen LogP contribution in [0.1, 0.15) is 26.2 Å². The monoisotopic (exact) mass is 168 g/mol. The van der Waals surface area contributed by atoms with Gasteiger partial charge in [0, 0.05) is 0 Å². The first-order chi connectivity index (χ1) is 5.68. The second-order valence-electron chi connectivity index (χ2n) is 3.87. The molecule has 1 heterocycles. The lowest BCUT2D eigenvalue weighted by Gasteiger charge is -2.24. The number of hydrogen-bond acceptors (Lipinski definition) is 3. The standard InChI is InChI=1S/C9H12O3/c1-5-2-3-6-7(4-5)9(11)12-8(6)10/h5-7H,2-4H2,1H3/t5-,6+,7+/m1/s1. The summed E-state index contributed by atoms with van der Waals surface area (Å²) in [7, 11) is 0. The number of carbonyl (C=O) groups is 2. The van der Waals surface area contributed by atoms with Crippen molar-refractivity contribution in [3.05, 3.63) is 0 Å². The van der Waals surface area contributed by atoms with Crippen molar-refractivity contribution in [1.29, 1.82) is 0 Å². The lowest BCUT2D eigenvalue weighted by atomic mass is 9.76. The molecule has 1 saturated heterocycles. The van der Waals surface area contributed by atoms with Crippen LogP contribution in [0.4, 0.5) is 0 Å². The predicted molar refractivity (Wildman–Crippen MR) is 41.1 cm³/mol. The Morgan fingerprint density at radius 1 is 1.17 bits per heavy atom. The molecule has 2 fully saturated rings. The van der Waals surface area contributed by atoms with Crippen molar-refractivity contribution in [1.82, 2.24) is 0 Å². The van der Waals surface area contributed by atoms with Gasteiger partial charge in [0.15, 0.2) is 0 Å². The molecule has 0 spiro atoms. The van der Waals surface area contributed by atoms with Gasteiger partial charge in [-0.1, -0.05) is 6.92 Å². The fourth-order valence-corrected chi connectivity index (χ4v) is 2.17. The third kappa shape index (κ3) is 1.04. The van der Waals surface area contributed by atoms with E-state index in [1.807, 2.05) is 0 Å². The number of cyclic esters (lactones) is 2. The first-order valence-electron chi connectivity index (χ1n) is 4.44. The minimum atomic E-state index is -0.295. The van der Waals surface area contributed by atoms with E-state index in [9.17, 15) is 9.59 Å². The number of carbonyl (C=O) groups excluding carboxylic acids is 2. The van der Waals surface area contributed by atoms with Crippen LogP contribution in [0.3, 0.4) is 0 Å². The molecule has 1 aliphatic carbocycles. The van der Waals surface area contributed by atoms with Crippen LogP contribution in [-0.4, -0.2) is 11.9 Å². The number of hydrogen-bond donors (Lipinski definition) is 0. The Bertz CT molecular complexity index is 234. The van der Waals surface area contributed by atoms with E-state index in [0.29, 0.717) is 5.92 Å². The van der Waals surface area contributed by atoms with Crippen molar-refractivity contribution in [3.8, 4) is 0 Å². The molecule has 2 rings (SSSR count). The third-order valence-electron chi connectivity index (χ3n) is 2.92. The third-order valence-corrected chi connectivity index (χ3v) is 2.92. The number of rotatable bonds is 0. The van der Waals surface area contributed by atoms with Crippen LogP contribution in [-0.2, 0) is 14.3 Å². The highest BCUT2D eigenvalue weighted by atomic mass is 16.6. The van der Waals surface area contributed by atoms with Crippen LogP contribution in [0.15, 0.2) is 0 Å². The summed E-state index contributed by atoms with van der Waals surface area (Å²) in [5.41, 5.74) is 0. The summed E-state index contributed by atoms with van der Waals surface area (Å²) >= 11 is 0. The molecule has 1 aliphatic heterocycles. The number of ether oxygens (including phenoxy) is 1. The lowest BCUT2D eigenvalue weighted by molar-refractivity contribution is -0.153. The Kier molecular flexibility index (Phi) is 1.67. The Morgan fingerprint density at radius 3 is 2.58 bits per heavy atom. The molecule has 66 valence electrons. The van der Waals surface area contributed by atoms with Gasteiger partial charge < -0.3 is 4.74 Å². The van der Waals surface area contributed by atoms with E-state index in [2.05, 4.69) is 11.7 Å². The molecule has 12 heavy (non-hydrogen) atoms. The zero-order chi connectivity index (χ0) is 8.72. The highest BCUT2D eigenvalue weighted by Gasteiger charge is 2.46. The maximum absolute atomic E-state index is 11.1. The molecule has 0 bridgehead atoms. The summed E-state index contributed by atoms with van der Waals surface area (Å²) in [4.78, 5) is 22.2. The molecule has 3 nitrogen and oxygen atoms in total. The van der Waals surface area contributed by atoms with E-state index in [-0.39, 0.29) is 23.8 Å². The van der Waals surface area contributed by atoms with Crippen LogP contribution in [0.2, 0.25) is 0 Å². The van der Waals surface area contributed by atoms with Gasteiger partial charge in [0.25, 0.3) is 0 Å². The zero-order valence-corrected chi connectivity index (χ0v) is 7.08. The van der Waals surface area contributed by atoms with Crippen LogP contribution in [0.5, 0.6) is 0 Å². The van der Waals surface area contributed by atoms with Crippen molar-refractivity contribution >= 4 is 11.9 Å². The Morgan fingerprint density at radius 2 is 1.83 bits per heavy atom. The maximum Gasteiger partial charge on any atom is 0.317 e. The average Bonchev–Trinajstić information content (AvgIpc) is 2.28. The molecule has 0 aromatic rings. The van der Waals surface area contributed by atoms with E-state index in [1.54, 1.807) is 0 Å². The molecule has 0 amide bonds. The maximum atomic E-state index is 11.1. The molecule has 1 saturated carbocycles. The van der Waals surface area contributed by atoms with E-state index in [4.69, 9.17) is 0 Å². The summed E-state index contributed by atoms with van der Waals surface area (Å²) in [6.07, 6.45) is 2.70. The fraction of sp³-hybridized carbons (Fsp3) is 0.778. The first-order valence-corrected chi connectivity index (χ1v) is 4.44. The van der Waals surface area contributed by atoms with Crippen LogP contribution >= 0.6 is 0 Å². The van der Waals surface area contributed by atoms with Crippen molar-refractivity contribution in [2.75, 3.05) is 0 Å². The van der Waals surface area contributed by atoms with E-state index in [1.165, 1.54) is 0 Å². The molecule has 0 aromatic carbocycles. The van der Waals surface area contributed by atoms with E-state index in [0.717, 1.165) is 19.3 Å². The Balaban J connectivity index is 2.17. The van der Waals surface area contributed by atoms with Crippen molar-refractivity contribution in [2.24, 2.45) is 17.8 Å². The van der Waals surface area contributed by atoms with Crippen molar-refractivity contribution in [3.63, 3.8) is 0 Å². The van der Waals surface area contributed by atoms with Crippen molar-refractivity contribution < 1.29 is 14.3 Å². The minimum Gasteiger partial charge on any atom is -0.393 e. The van der Waals surface area contributed by atoms with Gasteiger partial charge in [0.05, 0.1) is 11.8 Å². The van der Waals surface area contributed by atoms with Crippen LogP contribution in [0, 0.1) is 17.8 Å². The van der Waals surface area contributed by atoms with Gasteiger partial charge in [0.2, 0.25) is 0 Å². The topological polar surface area (TPSA) is 43.4 Å². The quantitative estimate of drug-likeness (QED) is 0.402. The fourth-order valence-electron chi connectivity index (χ4n) is 2.17. The summed E-state index contributed by atoms with van der Waals surface area (Å²) in [5, 5.41) is 0. The highest BCUT2D eigenvalue weighted by molar-refractivity contribution is 5.96. The van der Waals surface area contributed by atoms with Gasteiger partial charge in [-0.05, 0) is 25.2 Å². The summed E-state index contributed by atoms with van der Waals surface area (Å²) in [5.74, 6) is -0.270. The summed E-state index contributed by atoms with van der Waals surface area (Å²) in [6.45, 7) is 2.12. The first kappa shape index (κ1) is 7.77. The molecule has 0 aromatic heterocycles. The average molecular weight is 168 g/mol. The molecule has 0 radical (unpaired) electrons. The second kappa shape index (κ2) is 2.57. The molecule has 0 N–H and O–H groups in total. The second-order valence-corrected chi connectivity index (χ2v) is 3.87. The molecular weight excluding hydrogens is 156 g/mol. The van der Waals surface area contributed by atoms with Gasteiger partial charge in [-0.25, -0.2) is 0 Å². The van der Waals surface area contributed by atoms with Gasteiger partial charge in [-0.2, -0.15) is 0 Å². The molecular formula is C9H12O3. The number of esters is 2. The van der Waals surface area contributed by atoms with Gasteiger partial charge in [-0.15, -0.1) is 0 Å². The van der Waals surface area contributed by atoms with Gasteiger partial charge in [-0.3, -0.25) is 9.59 Å². The van der Waals surface area contributed by atoms with E-state index < -0.39 is 0 Å². The molecule has 2 aliphatic rings. The zero-order valence-electron chi connectivity index (χ0n) is 7.08. The number of fused-ring (bicyclic) bond motifs is 1. The van der Waals surface area contributed by atoms with Crippen LogP contribution in [0.25, 0.3) is 0 Å². The Hall–Kier alpha value is -0.860. The predicted octanol–water partition coefficient (Wildman–Crippen LogP) is 1.12. The molecule has 3 heteroatoms. The SMILES string of the molecule is C[C@@H]1CC[C@@H]2C(=O)OC(=O)[C@H]2C1. The normalized spacial score (nSPS) is 40.9. The van der Waals surface area contributed by atoms with Crippen LogP contribution < -0.4 is 0 Å². The largest absolute Gasteiger partial charge is 0.393 e. The van der Waals surface area contributed by atoms with E-state index >= 15 is 0 Å². The molecule has 0 unspecified atom stereocenters. The summed E-state index contributed by atoms with van der Waals surface area (Å²) < 4.78 is 4.58. The van der Waals surface area contributed by atoms with Gasteiger partial charge in [0.1, 0.15) is 0 Å². The lowest BCUT2D eigenvalue weighted by Crippen LogP contribution is -2.25. The smallest absolute Gasteiger partial charge is 0.317 e. The summed E-state index contributed by atoms with van der Waals surface area (Å²) in [6, 6.07) is 0. The minimum absolute atomic E-state index is 0.117. The molecule has 3 atom stereocenters. The van der Waals surface area contributed by atoms with Gasteiger partial charge >= 0.3 is 11.9 Å². The Labute approximate surface area is 71.1 Å².